The molecule has 18 heavy (non-hydrogen) atoms. The molecule has 0 fully saturated rings. The molecule has 2 unspecified atom stereocenters. The number of carbonyl (C=O) groups is 1. The van der Waals surface area contributed by atoms with Crippen LogP contribution in [0.4, 0.5) is 5.69 Å². The van der Waals surface area contributed by atoms with Gasteiger partial charge in [-0.1, -0.05) is 13.0 Å². The maximum atomic E-state index is 11.3. The molecule has 0 bridgehead atoms. The summed E-state index contributed by atoms with van der Waals surface area (Å²) >= 11 is 0. The zero-order valence-corrected chi connectivity index (χ0v) is 11.4. The van der Waals surface area contributed by atoms with Crippen molar-refractivity contribution in [1.29, 1.82) is 0 Å². The second-order valence-electron chi connectivity index (χ2n) is 4.25. The molecule has 4 heteroatoms. The van der Waals surface area contributed by atoms with Gasteiger partial charge in [0.15, 0.2) is 0 Å². The molecule has 0 aliphatic carbocycles. The van der Waals surface area contributed by atoms with E-state index in [0.29, 0.717) is 0 Å². The highest BCUT2D eigenvalue weighted by Gasteiger charge is 2.12. The van der Waals surface area contributed by atoms with Gasteiger partial charge in [0.25, 0.3) is 0 Å². The number of carbonyl (C=O) groups excluding carboxylic acids is 1. The van der Waals surface area contributed by atoms with E-state index in [-0.39, 0.29) is 18.1 Å². The zero-order chi connectivity index (χ0) is 13.5. The van der Waals surface area contributed by atoms with Crippen LogP contribution < -0.4 is 10.1 Å². The Kier molecular flexibility index (Phi) is 5.49. The van der Waals surface area contributed by atoms with Crippen LogP contribution in [0, 0.1) is 0 Å². The van der Waals surface area contributed by atoms with Gasteiger partial charge in [-0.25, -0.2) is 4.79 Å². The van der Waals surface area contributed by atoms with Gasteiger partial charge < -0.3 is 14.8 Å². The summed E-state index contributed by atoms with van der Waals surface area (Å²) in [5.74, 6) is 0.509. The first-order valence-corrected chi connectivity index (χ1v) is 6.18. The summed E-state index contributed by atoms with van der Waals surface area (Å²) in [6.45, 7) is 5.86. The van der Waals surface area contributed by atoms with Crippen molar-refractivity contribution < 1.29 is 14.3 Å². The minimum Gasteiger partial charge on any atom is -0.491 e. The first kappa shape index (κ1) is 14.4. The van der Waals surface area contributed by atoms with Gasteiger partial charge in [-0.05, 0) is 32.4 Å². The molecule has 0 aliphatic heterocycles. The highest BCUT2D eigenvalue weighted by molar-refractivity contribution is 5.78. The average Bonchev–Trinajstić information content (AvgIpc) is 2.37. The van der Waals surface area contributed by atoms with Crippen LogP contribution in [-0.2, 0) is 9.53 Å². The quantitative estimate of drug-likeness (QED) is 0.790. The molecule has 0 spiro atoms. The lowest BCUT2D eigenvalue weighted by Gasteiger charge is -2.16. The van der Waals surface area contributed by atoms with Crippen LogP contribution in [0.1, 0.15) is 27.2 Å². The predicted octanol–water partition coefficient (Wildman–Crippen LogP) is 2.84. The van der Waals surface area contributed by atoms with Crippen molar-refractivity contribution in [2.45, 2.75) is 39.3 Å². The van der Waals surface area contributed by atoms with Gasteiger partial charge in [-0.2, -0.15) is 0 Å². The standard InChI is InChI=1S/C14H21NO3/c1-5-10(2)18-13-8-6-7-12(9-13)15-11(3)14(16)17-4/h6-11,15H,5H2,1-4H3. The maximum Gasteiger partial charge on any atom is 0.327 e. The van der Waals surface area contributed by atoms with Crippen molar-refractivity contribution in [2.75, 3.05) is 12.4 Å². The number of nitrogens with one attached hydrogen (secondary N) is 1. The fourth-order valence-electron chi connectivity index (χ4n) is 1.46. The van der Waals surface area contributed by atoms with Crippen LogP contribution in [-0.4, -0.2) is 25.2 Å². The van der Waals surface area contributed by atoms with E-state index in [4.69, 9.17) is 4.74 Å². The Bertz CT molecular complexity index is 392. The van der Waals surface area contributed by atoms with Crippen molar-refractivity contribution in [3.8, 4) is 5.75 Å². The normalized spacial score (nSPS) is 13.6. The number of hydrogen-bond acceptors (Lipinski definition) is 4. The second-order valence-corrected chi connectivity index (χ2v) is 4.25. The Balaban J connectivity index is 2.67. The predicted molar refractivity (Wildman–Crippen MR) is 71.9 cm³/mol. The Morgan fingerprint density at radius 2 is 2.11 bits per heavy atom. The maximum absolute atomic E-state index is 11.3. The number of esters is 1. The van der Waals surface area contributed by atoms with Crippen LogP contribution >= 0.6 is 0 Å². The monoisotopic (exact) mass is 251 g/mol. The number of benzene rings is 1. The van der Waals surface area contributed by atoms with Crippen molar-refractivity contribution >= 4 is 11.7 Å². The third-order valence-electron chi connectivity index (χ3n) is 2.68. The van der Waals surface area contributed by atoms with E-state index in [0.717, 1.165) is 17.9 Å². The average molecular weight is 251 g/mol. The topological polar surface area (TPSA) is 47.6 Å². The van der Waals surface area contributed by atoms with Crippen LogP contribution in [0.2, 0.25) is 0 Å². The van der Waals surface area contributed by atoms with Crippen molar-refractivity contribution in [2.24, 2.45) is 0 Å². The van der Waals surface area contributed by atoms with E-state index >= 15 is 0 Å². The summed E-state index contributed by atoms with van der Waals surface area (Å²) in [6, 6.07) is 7.19. The van der Waals surface area contributed by atoms with E-state index in [2.05, 4.69) is 17.0 Å². The summed E-state index contributed by atoms with van der Waals surface area (Å²) in [5.41, 5.74) is 0.841. The van der Waals surface area contributed by atoms with E-state index < -0.39 is 0 Å². The van der Waals surface area contributed by atoms with Gasteiger partial charge in [-0.3, -0.25) is 0 Å². The van der Waals surface area contributed by atoms with Crippen LogP contribution in [0.25, 0.3) is 0 Å². The number of anilines is 1. The lowest BCUT2D eigenvalue weighted by molar-refractivity contribution is -0.141. The minimum absolute atomic E-state index is 0.179. The summed E-state index contributed by atoms with van der Waals surface area (Å²) in [7, 11) is 1.38. The Morgan fingerprint density at radius 1 is 1.39 bits per heavy atom. The molecule has 0 radical (unpaired) electrons. The minimum atomic E-state index is -0.381. The number of hydrogen-bond donors (Lipinski definition) is 1. The molecular formula is C14H21NO3. The largest absolute Gasteiger partial charge is 0.491 e. The Morgan fingerprint density at radius 3 is 2.72 bits per heavy atom. The molecule has 1 N–H and O–H groups in total. The third-order valence-corrected chi connectivity index (χ3v) is 2.68. The van der Waals surface area contributed by atoms with Crippen molar-refractivity contribution in [3.63, 3.8) is 0 Å². The number of methoxy groups -OCH3 is 1. The lowest BCUT2D eigenvalue weighted by Crippen LogP contribution is -2.27. The second kappa shape index (κ2) is 6.89. The highest BCUT2D eigenvalue weighted by Crippen LogP contribution is 2.19. The Hall–Kier alpha value is -1.71. The summed E-state index contributed by atoms with van der Waals surface area (Å²) < 4.78 is 10.4. The molecule has 2 atom stereocenters. The molecule has 0 aliphatic rings. The molecule has 1 aromatic rings. The smallest absolute Gasteiger partial charge is 0.327 e. The molecule has 100 valence electrons. The highest BCUT2D eigenvalue weighted by atomic mass is 16.5. The molecule has 0 amide bonds. The van der Waals surface area contributed by atoms with E-state index in [1.807, 2.05) is 31.2 Å². The first-order chi connectivity index (χ1) is 8.56. The number of rotatable bonds is 6. The molecule has 0 aromatic heterocycles. The molecule has 4 nitrogen and oxygen atoms in total. The molecule has 0 heterocycles. The SMILES string of the molecule is CCC(C)Oc1cccc(NC(C)C(=O)OC)c1. The summed E-state index contributed by atoms with van der Waals surface area (Å²) in [6.07, 6.45) is 1.13. The van der Waals surface area contributed by atoms with Crippen LogP contribution in [0.15, 0.2) is 24.3 Å². The van der Waals surface area contributed by atoms with Gasteiger partial charge in [0.05, 0.1) is 13.2 Å². The van der Waals surface area contributed by atoms with E-state index in [1.54, 1.807) is 6.92 Å². The Labute approximate surface area is 108 Å². The molecule has 1 aromatic carbocycles. The molecule has 1 rings (SSSR count). The van der Waals surface area contributed by atoms with Gasteiger partial charge in [0.2, 0.25) is 0 Å². The van der Waals surface area contributed by atoms with Crippen LogP contribution in [0.5, 0.6) is 5.75 Å². The van der Waals surface area contributed by atoms with Gasteiger partial charge in [-0.15, -0.1) is 0 Å². The van der Waals surface area contributed by atoms with Gasteiger partial charge >= 0.3 is 5.97 Å². The van der Waals surface area contributed by atoms with Crippen molar-refractivity contribution in [3.05, 3.63) is 24.3 Å². The van der Waals surface area contributed by atoms with Gasteiger partial charge in [0, 0.05) is 11.8 Å². The van der Waals surface area contributed by atoms with Crippen molar-refractivity contribution in [1.82, 2.24) is 0 Å². The zero-order valence-electron chi connectivity index (χ0n) is 11.4. The third kappa shape index (κ3) is 4.28. The number of ether oxygens (including phenoxy) is 2. The van der Waals surface area contributed by atoms with E-state index in [1.165, 1.54) is 7.11 Å². The van der Waals surface area contributed by atoms with Gasteiger partial charge in [0.1, 0.15) is 11.8 Å². The first-order valence-electron chi connectivity index (χ1n) is 6.18. The fraction of sp³-hybridized carbons (Fsp3) is 0.500. The van der Waals surface area contributed by atoms with E-state index in [9.17, 15) is 4.79 Å². The molecule has 0 saturated carbocycles. The molecular weight excluding hydrogens is 230 g/mol. The fourth-order valence-corrected chi connectivity index (χ4v) is 1.46. The van der Waals surface area contributed by atoms with Crippen LogP contribution in [0.3, 0.4) is 0 Å². The molecule has 0 saturated heterocycles. The summed E-state index contributed by atoms with van der Waals surface area (Å²) in [4.78, 5) is 11.3. The lowest BCUT2D eigenvalue weighted by atomic mass is 10.2. The summed E-state index contributed by atoms with van der Waals surface area (Å²) in [5, 5.41) is 3.07.